The smallest absolute Gasteiger partial charge is 0.161 e. The van der Waals surface area contributed by atoms with Gasteiger partial charge in [-0.25, -0.2) is 0 Å². The minimum absolute atomic E-state index is 0.148. The van der Waals surface area contributed by atoms with Gasteiger partial charge in [-0.1, -0.05) is 25.6 Å². The molecule has 1 N–H and O–H groups in total. The van der Waals surface area contributed by atoms with Crippen molar-refractivity contribution in [2.24, 2.45) is 4.99 Å². The molecule has 0 saturated carbocycles. The summed E-state index contributed by atoms with van der Waals surface area (Å²) >= 11 is 1.80. The van der Waals surface area contributed by atoms with Crippen LogP contribution in [0.25, 0.3) is 0 Å². The fourth-order valence-electron chi connectivity index (χ4n) is 1.72. The average Bonchev–Trinajstić information content (AvgIpc) is 2.75. The van der Waals surface area contributed by atoms with E-state index in [0.29, 0.717) is 0 Å². The molecule has 3 nitrogen and oxygen atoms in total. The van der Waals surface area contributed by atoms with Crippen molar-refractivity contribution in [3.63, 3.8) is 0 Å². The Morgan fingerprint density at radius 1 is 1.44 bits per heavy atom. The molecule has 2 heterocycles. The van der Waals surface area contributed by atoms with Gasteiger partial charge < -0.3 is 5.32 Å². The van der Waals surface area contributed by atoms with Crippen LogP contribution in [-0.2, 0) is 0 Å². The molecule has 1 aromatic heterocycles. The number of hydrogen-bond donors (Lipinski definition) is 1. The van der Waals surface area contributed by atoms with Gasteiger partial charge in [-0.3, -0.25) is 9.98 Å². The standard InChI is InChI=1S/C12H17N3S/c1-3-12(4-2)9-16-11(15-12)14-10-6-5-7-13-8-10/h5-8H,3-4,9H2,1-2H3,(H,14,15). The molecule has 0 atom stereocenters. The van der Waals surface area contributed by atoms with Crippen LogP contribution >= 0.6 is 11.8 Å². The van der Waals surface area contributed by atoms with E-state index in [1.807, 2.05) is 18.3 Å². The number of aromatic nitrogens is 1. The third-order valence-electron chi connectivity index (χ3n) is 3.05. The van der Waals surface area contributed by atoms with Crippen molar-refractivity contribution in [2.75, 3.05) is 11.1 Å². The molecule has 0 saturated heterocycles. The van der Waals surface area contributed by atoms with Gasteiger partial charge in [0.2, 0.25) is 0 Å². The number of aliphatic imine (C=N–C) groups is 1. The third-order valence-corrected chi connectivity index (χ3v) is 4.19. The van der Waals surface area contributed by atoms with Crippen LogP contribution in [0.4, 0.5) is 5.69 Å². The van der Waals surface area contributed by atoms with Crippen LogP contribution in [0.1, 0.15) is 26.7 Å². The lowest BCUT2D eigenvalue weighted by Crippen LogP contribution is -2.24. The first kappa shape index (κ1) is 11.5. The number of nitrogens with zero attached hydrogens (tertiary/aromatic N) is 2. The highest BCUT2D eigenvalue weighted by Gasteiger charge is 2.31. The van der Waals surface area contributed by atoms with Crippen molar-refractivity contribution in [2.45, 2.75) is 32.2 Å². The van der Waals surface area contributed by atoms with Gasteiger partial charge in [0.1, 0.15) is 0 Å². The maximum absolute atomic E-state index is 4.79. The molecule has 4 heteroatoms. The van der Waals surface area contributed by atoms with Gasteiger partial charge in [-0.2, -0.15) is 0 Å². The number of rotatable bonds is 3. The zero-order chi connectivity index (χ0) is 11.4. The lowest BCUT2D eigenvalue weighted by molar-refractivity contribution is 0.456. The molecule has 0 amide bonds. The van der Waals surface area contributed by atoms with Crippen LogP contribution in [0.3, 0.4) is 0 Å². The maximum Gasteiger partial charge on any atom is 0.161 e. The van der Waals surface area contributed by atoms with E-state index < -0.39 is 0 Å². The molecule has 0 unspecified atom stereocenters. The van der Waals surface area contributed by atoms with Gasteiger partial charge >= 0.3 is 0 Å². The largest absolute Gasteiger partial charge is 0.334 e. The normalized spacial score (nSPS) is 18.2. The number of thioether (sulfide) groups is 1. The highest BCUT2D eigenvalue weighted by Crippen LogP contribution is 2.33. The molecule has 86 valence electrons. The van der Waals surface area contributed by atoms with E-state index in [9.17, 15) is 0 Å². The second-order valence-corrected chi connectivity index (χ2v) is 4.97. The minimum atomic E-state index is 0.148. The molecular weight excluding hydrogens is 218 g/mol. The van der Waals surface area contributed by atoms with Gasteiger partial charge in [0.25, 0.3) is 0 Å². The lowest BCUT2D eigenvalue weighted by Gasteiger charge is -2.20. The molecule has 0 aliphatic carbocycles. The number of hydrogen-bond acceptors (Lipinski definition) is 4. The van der Waals surface area contributed by atoms with Gasteiger partial charge in [0.05, 0.1) is 17.4 Å². The van der Waals surface area contributed by atoms with Crippen LogP contribution in [0.15, 0.2) is 29.5 Å². The van der Waals surface area contributed by atoms with E-state index in [2.05, 4.69) is 24.1 Å². The van der Waals surface area contributed by atoms with Crippen LogP contribution in [0, 0.1) is 0 Å². The topological polar surface area (TPSA) is 37.3 Å². The molecule has 0 radical (unpaired) electrons. The van der Waals surface area contributed by atoms with E-state index in [1.54, 1.807) is 18.0 Å². The Balaban J connectivity index is 2.08. The summed E-state index contributed by atoms with van der Waals surface area (Å²) in [6.07, 6.45) is 5.81. The molecule has 2 rings (SSSR count). The molecule has 1 aromatic rings. The first-order valence-corrected chi connectivity index (χ1v) is 6.66. The molecule has 0 spiro atoms. The van der Waals surface area contributed by atoms with Crippen molar-refractivity contribution in [3.05, 3.63) is 24.5 Å². The van der Waals surface area contributed by atoms with Gasteiger partial charge in [0.15, 0.2) is 5.17 Å². The average molecular weight is 235 g/mol. The summed E-state index contributed by atoms with van der Waals surface area (Å²) in [6, 6.07) is 3.93. The summed E-state index contributed by atoms with van der Waals surface area (Å²) < 4.78 is 0. The van der Waals surface area contributed by atoms with E-state index in [0.717, 1.165) is 29.4 Å². The lowest BCUT2D eigenvalue weighted by atomic mass is 9.97. The fraction of sp³-hybridized carbons (Fsp3) is 0.500. The maximum atomic E-state index is 4.79. The van der Waals surface area contributed by atoms with Gasteiger partial charge in [-0.05, 0) is 25.0 Å². The summed E-state index contributed by atoms with van der Waals surface area (Å²) in [5, 5.41) is 4.34. The van der Waals surface area contributed by atoms with Crippen molar-refractivity contribution in [1.29, 1.82) is 0 Å². The summed E-state index contributed by atoms with van der Waals surface area (Å²) in [5.41, 5.74) is 1.16. The number of amidine groups is 1. The van der Waals surface area contributed by atoms with Gasteiger partial charge in [0, 0.05) is 11.9 Å². The SMILES string of the molecule is CCC1(CC)CSC(Nc2cccnc2)=N1. The molecule has 0 bridgehead atoms. The van der Waals surface area contributed by atoms with Crippen LogP contribution < -0.4 is 5.32 Å². The summed E-state index contributed by atoms with van der Waals surface area (Å²) in [5.74, 6) is 1.09. The Labute approximate surface area is 101 Å². The fourth-order valence-corrected chi connectivity index (χ4v) is 3.05. The second-order valence-electron chi connectivity index (χ2n) is 4.00. The first-order valence-electron chi connectivity index (χ1n) is 5.68. The Bertz CT molecular complexity index is 371. The number of nitrogens with one attached hydrogen (secondary N) is 1. The monoisotopic (exact) mass is 235 g/mol. The van der Waals surface area contributed by atoms with Crippen LogP contribution in [0.5, 0.6) is 0 Å². The summed E-state index contributed by atoms with van der Waals surface area (Å²) in [7, 11) is 0. The quantitative estimate of drug-likeness (QED) is 0.874. The van der Waals surface area contributed by atoms with Crippen LogP contribution in [0.2, 0.25) is 0 Å². The Morgan fingerprint density at radius 3 is 2.81 bits per heavy atom. The van der Waals surface area contributed by atoms with E-state index >= 15 is 0 Å². The Morgan fingerprint density at radius 2 is 2.25 bits per heavy atom. The first-order chi connectivity index (χ1) is 7.78. The predicted molar refractivity (Wildman–Crippen MR) is 71.1 cm³/mol. The molecule has 1 aliphatic heterocycles. The summed E-state index contributed by atoms with van der Waals surface area (Å²) in [4.78, 5) is 8.87. The third kappa shape index (κ3) is 2.38. The van der Waals surface area contributed by atoms with Crippen molar-refractivity contribution in [1.82, 2.24) is 4.98 Å². The van der Waals surface area contributed by atoms with Crippen molar-refractivity contribution >= 4 is 22.6 Å². The second kappa shape index (κ2) is 4.87. The van der Waals surface area contributed by atoms with Crippen LogP contribution in [-0.4, -0.2) is 21.4 Å². The summed E-state index contributed by atoms with van der Waals surface area (Å²) in [6.45, 7) is 4.42. The number of pyridine rings is 1. The van der Waals surface area contributed by atoms with Crippen molar-refractivity contribution in [3.8, 4) is 0 Å². The highest BCUT2D eigenvalue weighted by atomic mass is 32.2. The molecule has 0 fully saturated rings. The zero-order valence-corrected chi connectivity index (χ0v) is 10.5. The van der Waals surface area contributed by atoms with E-state index in [1.165, 1.54) is 0 Å². The molecule has 1 aliphatic rings. The van der Waals surface area contributed by atoms with E-state index in [4.69, 9.17) is 4.99 Å². The Hall–Kier alpha value is -1.03. The Kier molecular flexibility index (Phi) is 3.49. The minimum Gasteiger partial charge on any atom is -0.334 e. The van der Waals surface area contributed by atoms with Gasteiger partial charge in [-0.15, -0.1) is 0 Å². The molecule has 16 heavy (non-hydrogen) atoms. The number of anilines is 1. The highest BCUT2D eigenvalue weighted by molar-refractivity contribution is 8.14. The predicted octanol–water partition coefficient (Wildman–Crippen LogP) is 3.16. The molecule has 0 aromatic carbocycles. The molecular formula is C12H17N3S. The van der Waals surface area contributed by atoms with Crippen molar-refractivity contribution < 1.29 is 0 Å². The van der Waals surface area contributed by atoms with E-state index in [-0.39, 0.29) is 5.54 Å². The zero-order valence-electron chi connectivity index (χ0n) is 9.73.